The summed E-state index contributed by atoms with van der Waals surface area (Å²) in [4.78, 5) is 16.8. The topological polar surface area (TPSA) is 70.3 Å². The third-order valence-corrected chi connectivity index (χ3v) is 5.03. The normalized spacial score (nSPS) is 11.4. The van der Waals surface area contributed by atoms with Gasteiger partial charge in [-0.25, -0.2) is 9.79 Å². The fraction of sp³-hybridized carbons (Fsp3) is 0.185. The van der Waals surface area contributed by atoms with Crippen LogP contribution >= 0.6 is 0 Å². The van der Waals surface area contributed by atoms with E-state index >= 15 is 0 Å². The molecule has 168 valence electrons. The number of ether oxygens (including phenoxy) is 3. The first kappa shape index (κ1) is 22.1. The molecule has 0 N–H and O–H groups in total. The molecule has 4 aromatic rings. The Balaban J connectivity index is 1.84. The van der Waals surface area contributed by atoms with Gasteiger partial charge in [0.15, 0.2) is 0 Å². The summed E-state index contributed by atoms with van der Waals surface area (Å²) in [5.41, 5.74) is 2.79. The molecular weight excluding hydrogens is 418 g/mol. The molecule has 1 aromatic heterocycles. The highest BCUT2D eigenvalue weighted by molar-refractivity contribution is 5.89. The molecule has 3 aromatic carbocycles. The van der Waals surface area contributed by atoms with Crippen LogP contribution in [0.5, 0.6) is 11.5 Å². The predicted octanol–water partition coefficient (Wildman–Crippen LogP) is 5.92. The van der Waals surface area contributed by atoms with Crippen LogP contribution in [0.4, 0.5) is 5.69 Å². The Morgan fingerprint density at radius 2 is 1.61 bits per heavy atom. The molecule has 4 rings (SSSR count). The molecule has 6 heteroatoms. The molecule has 0 aliphatic rings. The van der Waals surface area contributed by atoms with E-state index in [1.165, 1.54) is 0 Å². The van der Waals surface area contributed by atoms with Crippen molar-refractivity contribution in [2.75, 3.05) is 20.3 Å². The monoisotopic (exact) mass is 443 g/mol. The molecule has 0 spiro atoms. The Kier molecular flexibility index (Phi) is 6.74. The molecule has 0 amide bonds. The summed E-state index contributed by atoms with van der Waals surface area (Å²) in [6.45, 7) is 4.62. The smallest absolute Gasteiger partial charge is 0.338 e. The van der Waals surface area contributed by atoms with E-state index in [1.807, 2.05) is 55.5 Å². The summed E-state index contributed by atoms with van der Waals surface area (Å²) in [6, 6.07) is 22.3. The van der Waals surface area contributed by atoms with Crippen molar-refractivity contribution in [1.82, 2.24) is 0 Å². The van der Waals surface area contributed by atoms with Crippen molar-refractivity contribution in [2.45, 2.75) is 13.8 Å². The van der Waals surface area contributed by atoms with E-state index in [9.17, 15) is 4.79 Å². The average molecular weight is 443 g/mol. The van der Waals surface area contributed by atoms with Crippen molar-refractivity contribution in [3.8, 4) is 22.8 Å². The number of fused-ring (bicyclic) bond motifs is 1. The van der Waals surface area contributed by atoms with Crippen molar-refractivity contribution < 1.29 is 23.4 Å². The molecule has 0 unspecified atom stereocenters. The zero-order chi connectivity index (χ0) is 23.2. The van der Waals surface area contributed by atoms with Crippen molar-refractivity contribution in [3.05, 3.63) is 83.7 Å². The molecular formula is C27H25NO5. The molecule has 0 saturated heterocycles. The predicted molar refractivity (Wildman–Crippen MR) is 127 cm³/mol. The zero-order valence-electron chi connectivity index (χ0n) is 18.8. The summed E-state index contributed by atoms with van der Waals surface area (Å²) in [6.07, 6.45) is 0. The van der Waals surface area contributed by atoms with Gasteiger partial charge in [0.2, 0.25) is 0 Å². The number of rotatable bonds is 7. The number of benzene rings is 3. The van der Waals surface area contributed by atoms with E-state index in [1.54, 1.807) is 38.3 Å². The van der Waals surface area contributed by atoms with Crippen LogP contribution in [0.1, 0.15) is 24.2 Å². The molecule has 1 heterocycles. The van der Waals surface area contributed by atoms with Crippen molar-refractivity contribution in [1.29, 1.82) is 0 Å². The Labute approximate surface area is 192 Å². The molecule has 0 aliphatic carbocycles. The second-order valence-electron chi connectivity index (χ2n) is 7.19. The molecule has 0 fully saturated rings. The van der Waals surface area contributed by atoms with Crippen molar-refractivity contribution in [3.63, 3.8) is 0 Å². The van der Waals surface area contributed by atoms with Gasteiger partial charge in [-0.15, -0.1) is 0 Å². The molecule has 0 saturated carbocycles. The second-order valence-corrected chi connectivity index (χ2v) is 7.19. The molecule has 6 nitrogen and oxygen atoms in total. The number of hydrogen-bond acceptors (Lipinski definition) is 6. The lowest BCUT2D eigenvalue weighted by Crippen LogP contribution is -2.05. The maximum atomic E-state index is 11.9. The van der Waals surface area contributed by atoms with Gasteiger partial charge in [0.1, 0.15) is 22.8 Å². The van der Waals surface area contributed by atoms with Gasteiger partial charge in [-0.2, -0.15) is 0 Å². The third kappa shape index (κ3) is 5.06. The molecule has 0 bridgehead atoms. The minimum atomic E-state index is -0.351. The van der Waals surface area contributed by atoms with Gasteiger partial charge in [-0.1, -0.05) is 0 Å². The Hall–Kier alpha value is -4.06. The summed E-state index contributed by atoms with van der Waals surface area (Å²) in [5.74, 6) is 1.84. The number of hydrogen-bond donors (Lipinski definition) is 0. The van der Waals surface area contributed by atoms with E-state index in [-0.39, 0.29) is 5.97 Å². The van der Waals surface area contributed by atoms with E-state index < -0.39 is 0 Å². The number of carbonyl (C=O) groups excluding carboxylic acids is 1. The van der Waals surface area contributed by atoms with Crippen LogP contribution in [0.3, 0.4) is 0 Å². The van der Waals surface area contributed by atoms with E-state index in [0.29, 0.717) is 35.8 Å². The molecule has 0 radical (unpaired) electrons. The van der Waals surface area contributed by atoms with Crippen LogP contribution in [-0.4, -0.2) is 26.3 Å². The molecule has 0 aliphatic heterocycles. The van der Waals surface area contributed by atoms with Gasteiger partial charge >= 0.3 is 5.97 Å². The van der Waals surface area contributed by atoms with Crippen molar-refractivity contribution >= 4 is 22.6 Å². The Bertz CT molecular complexity index is 1320. The Morgan fingerprint density at radius 1 is 0.879 bits per heavy atom. The van der Waals surface area contributed by atoms with Crippen LogP contribution in [0.25, 0.3) is 22.3 Å². The lowest BCUT2D eigenvalue weighted by atomic mass is 10.1. The fourth-order valence-electron chi connectivity index (χ4n) is 3.42. The lowest BCUT2D eigenvalue weighted by molar-refractivity contribution is 0.0526. The number of esters is 1. The zero-order valence-corrected chi connectivity index (χ0v) is 18.8. The first-order valence-corrected chi connectivity index (χ1v) is 10.8. The summed E-state index contributed by atoms with van der Waals surface area (Å²) in [7, 11) is 1.63. The fourth-order valence-corrected chi connectivity index (χ4v) is 3.42. The van der Waals surface area contributed by atoms with Gasteiger partial charge in [0, 0.05) is 17.0 Å². The van der Waals surface area contributed by atoms with Crippen molar-refractivity contribution in [2.24, 2.45) is 4.99 Å². The number of nitrogens with zero attached hydrogens (tertiary/aromatic N) is 1. The van der Waals surface area contributed by atoms with E-state index in [4.69, 9.17) is 23.6 Å². The standard InChI is InChI=1S/C27H25NO5/c1-4-31-22-14-15-25-23(16-22)24(17-26(33-25)18-8-12-21(30-3)13-9-18)28-20-10-6-19(7-11-20)27(29)32-5-2/h6-17H,4-5H2,1-3H3. The van der Waals surface area contributed by atoms with Gasteiger partial charge in [-0.3, -0.25) is 0 Å². The average Bonchev–Trinajstić information content (AvgIpc) is 2.85. The third-order valence-electron chi connectivity index (χ3n) is 5.03. The van der Waals surface area contributed by atoms with Crippen LogP contribution in [0, 0.1) is 0 Å². The van der Waals surface area contributed by atoms with Crippen LogP contribution in [0.2, 0.25) is 0 Å². The highest BCUT2D eigenvalue weighted by Gasteiger charge is 2.09. The first-order chi connectivity index (χ1) is 16.1. The molecule has 0 atom stereocenters. The highest BCUT2D eigenvalue weighted by atomic mass is 16.5. The Morgan fingerprint density at radius 3 is 2.27 bits per heavy atom. The molecule has 33 heavy (non-hydrogen) atoms. The van der Waals surface area contributed by atoms with Gasteiger partial charge in [0.05, 0.1) is 36.9 Å². The van der Waals surface area contributed by atoms with Gasteiger partial charge in [0.25, 0.3) is 0 Å². The van der Waals surface area contributed by atoms with Crippen LogP contribution in [0.15, 0.2) is 82.2 Å². The number of carbonyl (C=O) groups is 1. The first-order valence-electron chi connectivity index (χ1n) is 10.8. The SMILES string of the molecule is CCOC(=O)c1ccc(N=c2cc(-c3ccc(OC)cc3)oc3ccc(OCC)cc23)cc1. The van der Waals surface area contributed by atoms with Crippen LogP contribution in [-0.2, 0) is 4.74 Å². The quantitative estimate of drug-likeness (QED) is 0.332. The maximum Gasteiger partial charge on any atom is 0.338 e. The minimum Gasteiger partial charge on any atom is -0.497 e. The summed E-state index contributed by atoms with van der Waals surface area (Å²) in [5, 5.41) is 1.56. The lowest BCUT2D eigenvalue weighted by Gasteiger charge is -2.08. The number of methoxy groups -OCH3 is 1. The maximum absolute atomic E-state index is 11.9. The van der Waals surface area contributed by atoms with Crippen LogP contribution < -0.4 is 14.8 Å². The minimum absolute atomic E-state index is 0.334. The van der Waals surface area contributed by atoms with Gasteiger partial charge < -0.3 is 18.6 Å². The largest absolute Gasteiger partial charge is 0.497 e. The van der Waals surface area contributed by atoms with Gasteiger partial charge in [-0.05, 0) is 80.6 Å². The summed E-state index contributed by atoms with van der Waals surface area (Å²) < 4.78 is 22.2. The van der Waals surface area contributed by atoms with E-state index in [2.05, 4.69) is 0 Å². The highest BCUT2D eigenvalue weighted by Crippen LogP contribution is 2.27. The van der Waals surface area contributed by atoms with E-state index in [0.717, 1.165) is 27.8 Å². The summed E-state index contributed by atoms with van der Waals surface area (Å²) >= 11 is 0. The second kappa shape index (κ2) is 10.0.